The zero-order chi connectivity index (χ0) is 25.1. The topological polar surface area (TPSA) is 78.5 Å². The molecule has 2 N–H and O–H groups in total. The Labute approximate surface area is 206 Å². The number of amides is 2. The van der Waals surface area contributed by atoms with Crippen LogP contribution in [0, 0.1) is 5.92 Å². The molecule has 3 atom stereocenters. The first-order valence-electron chi connectivity index (χ1n) is 12.2. The number of benzene rings is 3. The second-order valence-electron chi connectivity index (χ2n) is 9.63. The van der Waals surface area contributed by atoms with Crippen LogP contribution in [0.4, 0.5) is 0 Å². The number of Topliss-reactive ketones (excluding diaryl/α,β-unsaturated/α-hetero) is 1. The number of hydrogen-bond acceptors (Lipinski definition) is 4. The van der Waals surface area contributed by atoms with Crippen LogP contribution in [-0.2, 0) is 27.3 Å². The summed E-state index contributed by atoms with van der Waals surface area (Å²) >= 11 is 0. The van der Waals surface area contributed by atoms with Gasteiger partial charge in [-0.2, -0.15) is 0 Å². The number of carbonyl (C=O) groups excluding carboxylic acids is 3. The maximum atomic E-state index is 13.8. The van der Waals surface area contributed by atoms with Gasteiger partial charge in [0.1, 0.15) is 12.1 Å². The van der Waals surface area contributed by atoms with Gasteiger partial charge in [0.25, 0.3) is 0 Å². The predicted octanol–water partition coefficient (Wildman–Crippen LogP) is 3.78. The van der Waals surface area contributed by atoms with E-state index in [-0.39, 0.29) is 29.9 Å². The fraction of sp³-hybridized carbons (Fsp3) is 0.345. The Morgan fingerprint density at radius 3 is 2.34 bits per heavy atom. The fourth-order valence-electron chi connectivity index (χ4n) is 4.69. The van der Waals surface area contributed by atoms with E-state index in [0.717, 1.165) is 27.5 Å². The summed E-state index contributed by atoms with van der Waals surface area (Å²) in [5, 5.41) is 8.01. The average molecular weight is 472 g/mol. The van der Waals surface area contributed by atoms with Gasteiger partial charge >= 0.3 is 0 Å². The molecule has 182 valence electrons. The summed E-state index contributed by atoms with van der Waals surface area (Å²) < 4.78 is 0. The highest BCUT2D eigenvalue weighted by molar-refractivity contribution is 5.96. The number of likely N-dealkylation sites (N-methyl/N-ethyl adjacent to an activating group) is 1. The first-order chi connectivity index (χ1) is 16.8. The molecule has 1 heterocycles. The van der Waals surface area contributed by atoms with Gasteiger partial charge in [0.15, 0.2) is 5.78 Å². The van der Waals surface area contributed by atoms with E-state index in [9.17, 15) is 14.4 Å². The lowest BCUT2D eigenvalue weighted by Crippen LogP contribution is -2.54. The molecule has 0 aromatic heterocycles. The standard InChI is InChI=1S/C29H33N3O3/c1-18(2)26(31-28(34)19(3)30-4)29(35)32-17-23-11-7-8-12-24(23)27(32)25(33)16-20-13-14-21-9-5-6-10-22(21)15-20/h5-15,18-19,26-27,30H,16-17H2,1-4H3,(H,31,34)/t19-,26-,27-/m0/s1. The molecule has 1 aliphatic rings. The van der Waals surface area contributed by atoms with Crippen LogP contribution >= 0.6 is 0 Å². The van der Waals surface area contributed by atoms with Gasteiger partial charge in [0, 0.05) is 13.0 Å². The second kappa shape index (κ2) is 10.4. The first kappa shape index (κ1) is 24.6. The Morgan fingerprint density at radius 1 is 0.943 bits per heavy atom. The highest BCUT2D eigenvalue weighted by Crippen LogP contribution is 2.36. The third-order valence-electron chi connectivity index (χ3n) is 6.84. The normalized spacial score (nSPS) is 16.7. The van der Waals surface area contributed by atoms with Crippen molar-refractivity contribution in [3.8, 4) is 0 Å². The number of nitrogens with one attached hydrogen (secondary N) is 2. The number of nitrogens with zero attached hydrogens (tertiary/aromatic N) is 1. The van der Waals surface area contributed by atoms with Crippen molar-refractivity contribution in [2.45, 2.75) is 51.9 Å². The summed E-state index contributed by atoms with van der Waals surface area (Å²) in [7, 11) is 1.70. The lowest BCUT2D eigenvalue weighted by atomic mass is 9.95. The Kier molecular flexibility index (Phi) is 7.31. The van der Waals surface area contributed by atoms with Gasteiger partial charge in [-0.25, -0.2) is 0 Å². The highest BCUT2D eigenvalue weighted by Gasteiger charge is 2.41. The van der Waals surface area contributed by atoms with Gasteiger partial charge < -0.3 is 15.5 Å². The van der Waals surface area contributed by atoms with Crippen LogP contribution < -0.4 is 10.6 Å². The second-order valence-corrected chi connectivity index (χ2v) is 9.63. The van der Waals surface area contributed by atoms with Crippen LogP contribution in [0.3, 0.4) is 0 Å². The van der Waals surface area contributed by atoms with Gasteiger partial charge in [0.2, 0.25) is 11.8 Å². The van der Waals surface area contributed by atoms with Crippen molar-refractivity contribution < 1.29 is 14.4 Å². The fourth-order valence-corrected chi connectivity index (χ4v) is 4.69. The van der Waals surface area contributed by atoms with Gasteiger partial charge in [-0.05, 0) is 47.4 Å². The van der Waals surface area contributed by atoms with E-state index < -0.39 is 18.1 Å². The van der Waals surface area contributed by atoms with Crippen molar-refractivity contribution in [1.82, 2.24) is 15.5 Å². The summed E-state index contributed by atoms with van der Waals surface area (Å²) in [6, 6.07) is 20.0. The quantitative estimate of drug-likeness (QED) is 0.524. The molecule has 0 unspecified atom stereocenters. The van der Waals surface area contributed by atoms with Crippen molar-refractivity contribution in [2.75, 3.05) is 7.05 Å². The third kappa shape index (κ3) is 5.13. The van der Waals surface area contributed by atoms with Gasteiger partial charge in [-0.3, -0.25) is 14.4 Å². The van der Waals surface area contributed by atoms with E-state index in [2.05, 4.69) is 10.6 Å². The summed E-state index contributed by atoms with van der Waals surface area (Å²) in [4.78, 5) is 41.7. The molecule has 4 rings (SSSR count). The number of hydrogen-bond donors (Lipinski definition) is 2. The Bertz CT molecular complexity index is 1250. The SMILES string of the molecule is CN[C@@H](C)C(=O)N[C@H](C(=O)N1Cc2ccccc2[C@H]1C(=O)Cc1ccc2ccccc2c1)C(C)C. The smallest absolute Gasteiger partial charge is 0.246 e. The van der Waals surface area contributed by atoms with E-state index in [1.54, 1.807) is 18.9 Å². The van der Waals surface area contributed by atoms with Gasteiger partial charge in [-0.15, -0.1) is 0 Å². The monoisotopic (exact) mass is 471 g/mol. The number of ketones is 1. The first-order valence-corrected chi connectivity index (χ1v) is 12.2. The summed E-state index contributed by atoms with van der Waals surface area (Å²) in [5.41, 5.74) is 2.75. The third-order valence-corrected chi connectivity index (χ3v) is 6.84. The minimum Gasteiger partial charge on any atom is -0.343 e. The Balaban J connectivity index is 1.62. The van der Waals surface area contributed by atoms with E-state index >= 15 is 0 Å². The van der Waals surface area contributed by atoms with E-state index in [1.807, 2.05) is 80.6 Å². The molecule has 6 heteroatoms. The summed E-state index contributed by atoms with van der Waals surface area (Å²) in [5.74, 6) is -0.633. The van der Waals surface area contributed by atoms with Crippen molar-refractivity contribution in [3.63, 3.8) is 0 Å². The molecule has 0 saturated carbocycles. The van der Waals surface area contributed by atoms with Crippen LogP contribution in [0.1, 0.15) is 43.5 Å². The molecule has 2 amide bonds. The molecule has 35 heavy (non-hydrogen) atoms. The summed E-state index contributed by atoms with van der Waals surface area (Å²) in [6.07, 6.45) is 0.225. The lowest BCUT2D eigenvalue weighted by Gasteiger charge is -2.31. The van der Waals surface area contributed by atoms with E-state index in [4.69, 9.17) is 0 Å². The number of fused-ring (bicyclic) bond motifs is 2. The molecule has 0 spiro atoms. The zero-order valence-electron chi connectivity index (χ0n) is 20.7. The molecule has 0 aliphatic carbocycles. The van der Waals surface area contributed by atoms with Crippen molar-refractivity contribution in [3.05, 3.63) is 83.4 Å². The molecule has 1 aliphatic heterocycles. The molecule has 3 aromatic rings. The highest BCUT2D eigenvalue weighted by atomic mass is 16.2. The molecule has 0 radical (unpaired) electrons. The van der Waals surface area contributed by atoms with Gasteiger partial charge in [0.05, 0.1) is 6.04 Å². The summed E-state index contributed by atoms with van der Waals surface area (Å²) in [6.45, 7) is 5.91. The number of carbonyl (C=O) groups is 3. The van der Waals surface area contributed by atoms with Gasteiger partial charge in [-0.1, -0.05) is 80.6 Å². The zero-order valence-corrected chi connectivity index (χ0v) is 20.7. The Hall–Kier alpha value is -3.51. The minimum absolute atomic E-state index is 0.0315. The maximum absolute atomic E-state index is 13.8. The number of rotatable bonds is 8. The molecule has 0 saturated heterocycles. The van der Waals surface area contributed by atoms with Crippen molar-refractivity contribution >= 4 is 28.4 Å². The molecule has 3 aromatic carbocycles. The molecule has 6 nitrogen and oxygen atoms in total. The van der Waals surface area contributed by atoms with Crippen LogP contribution in [0.25, 0.3) is 10.8 Å². The van der Waals surface area contributed by atoms with Crippen LogP contribution in [-0.4, -0.2) is 41.6 Å². The average Bonchev–Trinajstić information content (AvgIpc) is 3.25. The molecular weight excluding hydrogens is 438 g/mol. The molecule has 0 bridgehead atoms. The molecular formula is C29H33N3O3. The van der Waals surface area contributed by atoms with Crippen LogP contribution in [0.5, 0.6) is 0 Å². The van der Waals surface area contributed by atoms with Crippen molar-refractivity contribution in [2.24, 2.45) is 5.92 Å². The largest absolute Gasteiger partial charge is 0.343 e. The predicted molar refractivity (Wildman–Crippen MR) is 138 cm³/mol. The van der Waals surface area contributed by atoms with E-state index in [1.165, 1.54) is 0 Å². The Morgan fingerprint density at radius 2 is 1.63 bits per heavy atom. The minimum atomic E-state index is -0.719. The van der Waals surface area contributed by atoms with Crippen LogP contribution in [0.2, 0.25) is 0 Å². The van der Waals surface area contributed by atoms with Crippen LogP contribution in [0.15, 0.2) is 66.7 Å². The molecule has 0 fully saturated rings. The maximum Gasteiger partial charge on any atom is 0.246 e. The lowest BCUT2D eigenvalue weighted by molar-refractivity contribution is -0.143. The van der Waals surface area contributed by atoms with E-state index in [0.29, 0.717) is 6.54 Å². The van der Waals surface area contributed by atoms with Crippen molar-refractivity contribution in [1.29, 1.82) is 0 Å².